The maximum absolute atomic E-state index is 14.3. The van der Waals surface area contributed by atoms with E-state index >= 15 is 0 Å². The van der Waals surface area contributed by atoms with E-state index in [0.29, 0.717) is 23.3 Å². The Bertz CT molecular complexity index is 1540. The number of hydrogen-bond acceptors (Lipinski definition) is 7. The number of anilines is 1. The lowest BCUT2D eigenvalue weighted by Crippen LogP contribution is -2.37. The summed E-state index contributed by atoms with van der Waals surface area (Å²) in [6, 6.07) is 2.81. The van der Waals surface area contributed by atoms with Crippen LogP contribution in [0.25, 0.3) is 11.0 Å². The molecule has 12 nitrogen and oxygen atoms in total. The van der Waals surface area contributed by atoms with Gasteiger partial charge in [-0.25, -0.2) is 19.2 Å². The number of H-pyrrole nitrogens is 1. The van der Waals surface area contributed by atoms with Crippen LogP contribution in [0.2, 0.25) is 0 Å². The van der Waals surface area contributed by atoms with Crippen molar-refractivity contribution in [2.75, 3.05) is 33.5 Å². The maximum atomic E-state index is 14.3. The summed E-state index contributed by atoms with van der Waals surface area (Å²) in [7, 11) is 6.18. The maximum Gasteiger partial charge on any atom is 0.410 e. The van der Waals surface area contributed by atoms with Crippen molar-refractivity contribution in [3.63, 3.8) is 0 Å². The van der Waals surface area contributed by atoms with Crippen molar-refractivity contribution < 1.29 is 23.5 Å². The summed E-state index contributed by atoms with van der Waals surface area (Å²) in [6.07, 6.45) is 4.43. The number of likely N-dealkylation sites (N-methyl/N-ethyl adjacent to an activating group) is 1. The number of carbonyl (C=O) groups is 3. The van der Waals surface area contributed by atoms with Crippen LogP contribution in [-0.2, 0) is 27.3 Å². The standard InChI is InChI=1S/C29H38FN7O5/c1-29(2,3)14-18-12-19(30)13-20-25(18)34-23(32-20)16-37-17-31-15-21(27(37)40)33-26(39)22(42-28(41)36(6)7)10-8-9-11-24(38)35(4)5/h9,11-13,15,17,22H,8,10,14,16H2,1-7H3,(H,32,34)(H,33,39). The van der Waals surface area contributed by atoms with Gasteiger partial charge in [-0.05, 0) is 42.4 Å². The second-order valence-electron chi connectivity index (χ2n) is 11.6. The molecule has 3 aromatic rings. The van der Waals surface area contributed by atoms with Gasteiger partial charge in [-0.1, -0.05) is 26.8 Å². The summed E-state index contributed by atoms with van der Waals surface area (Å²) < 4.78 is 20.9. The van der Waals surface area contributed by atoms with E-state index in [-0.39, 0.29) is 36.4 Å². The van der Waals surface area contributed by atoms with E-state index in [0.717, 1.165) is 5.56 Å². The number of aromatic nitrogens is 4. The second-order valence-corrected chi connectivity index (χ2v) is 11.6. The molecule has 1 aromatic carbocycles. The third kappa shape index (κ3) is 8.72. The van der Waals surface area contributed by atoms with Crippen LogP contribution >= 0.6 is 0 Å². The number of nitrogens with zero attached hydrogens (tertiary/aromatic N) is 5. The first-order valence-corrected chi connectivity index (χ1v) is 13.4. The summed E-state index contributed by atoms with van der Waals surface area (Å²) >= 11 is 0. The van der Waals surface area contributed by atoms with Gasteiger partial charge in [-0.15, -0.1) is 0 Å². The van der Waals surface area contributed by atoms with Crippen LogP contribution in [0.3, 0.4) is 0 Å². The van der Waals surface area contributed by atoms with E-state index in [9.17, 15) is 23.6 Å². The van der Waals surface area contributed by atoms with Crippen LogP contribution in [0, 0.1) is 11.2 Å². The molecule has 1 atom stereocenters. The number of benzene rings is 1. The number of hydrogen-bond donors (Lipinski definition) is 2. The topological polar surface area (TPSA) is 143 Å². The van der Waals surface area contributed by atoms with E-state index in [2.05, 4.69) is 41.0 Å². The van der Waals surface area contributed by atoms with Gasteiger partial charge in [-0.2, -0.15) is 0 Å². The Hall–Kier alpha value is -4.55. The van der Waals surface area contributed by atoms with Crippen LogP contribution in [0.4, 0.5) is 14.9 Å². The van der Waals surface area contributed by atoms with Gasteiger partial charge in [0, 0.05) is 34.3 Å². The van der Waals surface area contributed by atoms with Crippen LogP contribution in [0.5, 0.6) is 0 Å². The highest BCUT2D eigenvalue weighted by atomic mass is 19.1. The third-order valence-electron chi connectivity index (χ3n) is 6.09. The molecule has 0 aliphatic rings. The van der Waals surface area contributed by atoms with Crippen molar-refractivity contribution in [1.82, 2.24) is 29.3 Å². The Morgan fingerprint density at radius 1 is 1.17 bits per heavy atom. The molecule has 2 N–H and O–H groups in total. The average molecular weight is 584 g/mol. The van der Waals surface area contributed by atoms with Crippen molar-refractivity contribution in [3.05, 3.63) is 64.4 Å². The highest BCUT2D eigenvalue weighted by Gasteiger charge is 2.25. The van der Waals surface area contributed by atoms with Crippen LogP contribution < -0.4 is 10.9 Å². The third-order valence-corrected chi connectivity index (χ3v) is 6.09. The average Bonchev–Trinajstić information content (AvgIpc) is 3.29. The minimum absolute atomic E-state index is 0.00938. The Morgan fingerprint density at radius 2 is 1.88 bits per heavy atom. The van der Waals surface area contributed by atoms with Gasteiger partial charge in [0.15, 0.2) is 6.10 Å². The zero-order valence-electron chi connectivity index (χ0n) is 25.0. The zero-order valence-corrected chi connectivity index (χ0v) is 25.0. The van der Waals surface area contributed by atoms with Gasteiger partial charge in [0.05, 0.1) is 30.1 Å². The lowest BCUT2D eigenvalue weighted by molar-refractivity contribution is -0.125. The van der Waals surface area contributed by atoms with Crippen molar-refractivity contribution in [3.8, 4) is 0 Å². The molecule has 0 radical (unpaired) electrons. The highest BCUT2D eigenvalue weighted by Crippen LogP contribution is 2.27. The monoisotopic (exact) mass is 583 g/mol. The van der Waals surface area contributed by atoms with Crippen LogP contribution in [0.1, 0.15) is 45.0 Å². The summed E-state index contributed by atoms with van der Waals surface area (Å²) in [6.45, 7) is 6.16. The van der Waals surface area contributed by atoms with E-state index in [1.165, 1.54) is 59.2 Å². The largest absolute Gasteiger partial charge is 0.436 e. The Kier molecular flexibility index (Phi) is 10.2. The number of halogens is 1. The summed E-state index contributed by atoms with van der Waals surface area (Å²) in [5.74, 6) is -0.930. The zero-order chi connectivity index (χ0) is 31.2. The van der Waals surface area contributed by atoms with Crippen molar-refractivity contribution >= 4 is 34.6 Å². The van der Waals surface area contributed by atoms with Crippen LogP contribution in [-0.4, -0.2) is 81.5 Å². The SMILES string of the molecule is CN(C)C(=O)C=CCCC(OC(=O)N(C)C)C(=O)Nc1cncn(Cc2nc3cc(F)cc(CC(C)(C)C)c3[nH]2)c1=O. The number of rotatable bonds is 10. The molecule has 1 unspecified atom stereocenters. The van der Waals surface area contributed by atoms with Gasteiger partial charge in [0.1, 0.15) is 17.3 Å². The molecule has 2 aromatic heterocycles. The smallest absolute Gasteiger partial charge is 0.410 e. The van der Waals surface area contributed by atoms with Gasteiger partial charge in [-0.3, -0.25) is 19.0 Å². The molecule has 0 saturated carbocycles. The molecular formula is C29H38FN7O5. The molecule has 2 heterocycles. The highest BCUT2D eigenvalue weighted by molar-refractivity contribution is 5.95. The molecule has 0 spiro atoms. The molecule has 0 fully saturated rings. The predicted molar refractivity (Wildman–Crippen MR) is 156 cm³/mol. The summed E-state index contributed by atoms with van der Waals surface area (Å²) in [5, 5.41) is 2.51. The molecule has 0 bridgehead atoms. The Balaban J connectivity index is 1.80. The van der Waals surface area contributed by atoms with Crippen molar-refractivity contribution in [2.24, 2.45) is 5.41 Å². The number of amides is 3. The lowest BCUT2D eigenvalue weighted by atomic mass is 9.87. The molecule has 3 rings (SSSR count). The number of imidazole rings is 1. The van der Waals surface area contributed by atoms with E-state index < -0.39 is 29.5 Å². The van der Waals surface area contributed by atoms with Gasteiger partial charge in [0.2, 0.25) is 5.91 Å². The fourth-order valence-corrected chi connectivity index (χ4v) is 4.06. The first-order valence-electron chi connectivity index (χ1n) is 13.4. The Morgan fingerprint density at radius 3 is 2.52 bits per heavy atom. The number of ether oxygens (including phenoxy) is 1. The van der Waals surface area contributed by atoms with E-state index in [1.54, 1.807) is 20.2 Å². The van der Waals surface area contributed by atoms with Gasteiger partial charge in [0.25, 0.3) is 11.5 Å². The molecule has 0 aliphatic carbocycles. The number of allylic oxidation sites excluding steroid dienone is 1. The second kappa shape index (κ2) is 13.4. The molecular weight excluding hydrogens is 545 g/mol. The summed E-state index contributed by atoms with van der Waals surface area (Å²) in [5.41, 5.74) is 1.15. The number of carbonyl (C=O) groups excluding carboxylic acids is 3. The fraction of sp³-hybridized carbons (Fsp3) is 0.448. The number of nitrogens with one attached hydrogen (secondary N) is 2. The predicted octanol–water partition coefficient (Wildman–Crippen LogP) is 3.33. The lowest BCUT2D eigenvalue weighted by Gasteiger charge is -2.19. The van der Waals surface area contributed by atoms with E-state index in [4.69, 9.17) is 4.74 Å². The molecule has 3 amide bonds. The van der Waals surface area contributed by atoms with Gasteiger partial charge < -0.3 is 24.8 Å². The van der Waals surface area contributed by atoms with Crippen molar-refractivity contribution in [2.45, 2.75) is 52.7 Å². The van der Waals surface area contributed by atoms with Crippen LogP contribution in [0.15, 0.2) is 41.6 Å². The molecule has 226 valence electrons. The molecule has 0 aliphatic heterocycles. The first kappa shape index (κ1) is 32.0. The molecule has 42 heavy (non-hydrogen) atoms. The normalized spacial score (nSPS) is 12.4. The fourth-order valence-electron chi connectivity index (χ4n) is 4.06. The van der Waals surface area contributed by atoms with E-state index in [1.807, 2.05) is 0 Å². The minimum Gasteiger partial charge on any atom is -0.436 e. The Labute approximate surface area is 243 Å². The summed E-state index contributed by atoms with van der Waals surface area (Å²) in [4.78, 5) is 64.6. The molecule has 13 heteroatoms. The first-order chi connectivity index (χ1) is 19.6. The number of aromatic amines is 1. The quantitative estimate of drug-likeness (QED) is 0.349. The van der Waals surface area contributed by atoms with Crippen molar-refractivity contribution in [1.29, 1.82) is 0 Å². The van der Waals surface area contributed by atoms with Gasteiger partial charge >= 0.3 is 6.09 Å². The number of fused-ring (bicyclic) bond motifs is 1. The molecule has 0 saturated heterocycles. The minimum atomic E-state index is -1.24.